The molecule has 0 radical (unpaired) electrons. The van der Waals surface area contributed by atoms with Gasteiger partial charge in [0.25, 0.3) is 0 Å². The van der Waals surface area contributed by atoms with E-state index in [2.05, 4.69) is 21.2 Å². The van der Waals surface area contributed by atoms with Crippen LogP contribution in [0.5, 0.6) is 5.75 Å². The van der Waals surface area contributed by atoms with Crippen LogP contribution in [0.4, 0.5) is 5.69 Å². The number of anilines is 1. The van der Waals surface area contributed by atoms with Gasteiger partial charge in [-0.15, -0.1) is 0 Å². The summed E-state index contributed by atoms with van der Waals surface area (Å²) < 4.78 is 6.39. The Morgan fingerprint density at radius 3 is 2.52 bits per heavy atom. The van der Waals surface area contributed by atoms with E-state index in [4.69, 9.17) is 9.84 Å². The molecule has 0 atom stereocenters. The second-order valence-corrected chi connectivity index (χ2v) is 5.29. The van der Waals surface area contributed by atoms with Crippen molar-refractivity contribution in [1.82, 2.24) is 0 Å². The maximum absolute atomic E-state index is 10.8. The summed E-state index contributed by atoms with van der Waals surface area (Å²) in [5.74, 6) is -0.0935. The Kier molecular flexibility index (Phi) is 5.22. The minimum Gasteiger partial charge on any atom is -0.493 e. The maximum atomic E-state index is 10.8. The van der Waals surface area contributed by atoms with Gasteiger partial charge in [-0.3, -0.25) is 0 Å². The first kappa shape index (κ1) is 15.4. The number of benzene rings is 2. The van der Waals surface area contributed by atoms with E-state index >= 15 is 0 Å². The zero-order chi connectivity index (χ0) is 15.2. The summed E-state index contributed by atoms with van der Waals surface area (Å²) in [6, 6.07) is 12.6. The van der Waals surface area contributed by atoms with Gasteiger partial charge in [-0.25, -0.2) is 4.79 Å². The fourth-order valence-corrected chi connectivity index (χ4v) is 2.40. The monoisotopic (exact) mass is 349 g/mol. The van der Waals surface area contributed by atoms with Crippen LogP contribution in [-0.4, -0.2) is 17.7 Å². The van der Waals surface area contributed by atoms with Crippen LogP contribution >= 0.6 is 15.9 Å². The molecule has 4 nitrogen and oxygen atoms in total. The van der Waals surface area contributed by atoms with Gasteiger partial charge in [-0.05, 0) is 64.8 Å². The summed E-state index contributed by atoms with van der Waals surface area (Å²) in [6.45, 7) is 3.23. The van der Waals surface area contributed by atoms with Crippen LogP contribution in [0.25, 0.3) is 0 Å². The van der Waals surface area contributed by atoms with Gasteiger partial charge < -0.3 is 15.2 Å². The van der Waals surface area contributed by atoms with Crippen LogP contribution in [0, 0.1) is 0 Å². The van der Waals surface area contributed by atoms with Crippen molar-refractivity contribution >= 4 is 27.6 Å². The van der Waals surface area contributed by atoms with Crippen LogP contribution in [0.3, 0.4) is 0 Å². The van der Waals surface area contributed by atoms with Crippen molar-refractivity contribution in [3.63, 3.8) is 0 Å². The highest BCUT2D eigenvalue weighted by atomic mass is 79.9. The second kappa shape index (κ2) is 7.13. The first-order valence-electron chi connectivity index (χ1n) is 6.58. The molecular weight excluding hydrogens is 334 g/mol. The molecule has 0 saturated carbocycles. The van der Waals surface area contributed by atoms with Crippen molar-refractivity contribution < 1.29 is 14.6 Å². The smallest absolute Gasteiger partial charge is 0.335 e. The number of ether oxygens (including phenoxy) is 1. The standard InChI is InChI=1S/C16H16BrNO3/c1-2-21-15-8-3-11(9-14(15)17)10-18-13-6-4-12(5-7-13)16(19)20/h3-9,18H,2,10H2,1H3,(H,19,20). The lowest BCUT2D eigenvalue weighted by Crippen LogP contribution is -2.01. The third kappa shape index (κ3) is 4.23. The van der Waals surface area contributed by atoms with E-state index in [0.717, 1.165) is 21.5 Å². The number of hydrogen-bond acceptors (Lipinski definition) is 3. The third-order valence-corrected chi connectivity index (χ3v) is 3.54. The summed E-state index contributed by atoms with van der Waals surface area (Å²) in [6.07, 6.45) is 0. The molecule has 0 spiro atoms. The fraction of sp³-hybridized carbons (Fsp3) is 0.188. The fourth-order valence-electron chi connectivity index (χ4n) is 1.86. The van der Waals surface area contributed by atoms with Crippen molar-refractivity contribution in [1.29, 1.82) is 0 Å². The maximum Gasteiger partial charge on any atom is 0.335 e. The number of halogens is 1. The molecule has 21 heavy (non-hydrogen) atoms. The minimum absolute atomic E-state index is 0.282. The van der Waals surface area contributed by atoms with E-state index in [1.54, 1.807) is 24.3 Å². The Morgan fingerprint density at radius 2 is 1.95 bits per heavy atom. The van der Waals surface area contributed by atoms with Gasteiger partial charge in [0.05, 0.1) is 16.6 Å². The molecule has 110 valence electrons. The molecule has 0 aliphatic heterocycles. The molecule has 0 aromatic heterocycles. The number of rotatable bonds is 6. The molecular formula is C16H16BrNO3. The van der Waals surface area contributed by atoms with E-state index in [0.29, 0.717) is 13.2 Å². The lowest BCUT2D eigenvalue weighted by Gasteiger charge is -2.10. The summed E-state index contributed by atoms with van der Waals surface area (Å²) >= 11 is 3.48. The molecule has 0 bridgehead atoms. The normalized spacial score (nSPS) is 10.2. The Bertz CT molecular complexity index is 626. The summed E-state index contributed by atoms with van der Waals surface area (Å²) in [7, 11) is 0. The van der Waals surface area contributed by atoms with Crippen molar-refractivity contribution in [3.05, 3.63) is 58.1 Å². The van der Waals surface area contributed by atoms with Crippen LogP contribution in [-0.2, 0) is 6.54 Å². The van der Waals surface area contributed by atoms with E-state index in [-0.39, 0.29) is 5.56 Å². The second-order valence-electron chi connectivity index (χ2n) is 4.43. The van der Waals surface area contributed by atoms with Crippen molar-refractivity contribution in [3.8, 4) is 5.75 Å². The van der Waals surface area contributed by atoms with Crippen LogP contribution < -0.4 is 10.1 Å². The number of carboxylic acids is 1. The highest BCUT2D eigenvalue weighted by molar-refractivity contribution is 9.10. The first-order valence-corrected chi connectivity index (χ1v) is 7.38. The molecule has 2 aromatic carbocycles. The quantitative estimate of drug-likeness (QED) is 0.821. The molecule has 2 aromatic rings. The first-order chi connectivity index (χ1) is 10.1. The molecule has 0 fully saturated rings. The lowest BCUT2D eigenvalue weighted by molar-refractivity contribution is 0.0697. The average Bonchev–Trinajstić information content (AvgIpc) is 2.48. The number of carbonyl (C=O) groups is 1. The van der Waals surface area contributed by atoms with Crippen LogP contribution in [0.2, 0.25) is 0 Å². The number of nitrogens with one attached hydrogen (secondary N) is 1. The van der Waals surface area contributed by atoms with Crippen molar-refractivity contribution in [2.45, 2.75) is 13.5 Å². The molecule has 0 aliphatic rings. The summed E-state index contributed by atoms with van der Waals surface area (Å²) in [5.41, 5.74) is 2.27. The van der Waals surface area contributed by atoms with E-state index < -0.39 is 5.97 Å². The van der Waals surface area contributed by atoms with Crippen LogP contribution in [0.1, 0.15) is 22.8 Å². The van der Waals surface area contributed by atoms with Gasteiger partial charge in [0.1, 0.15) is 5.75 Å². The highest BCUT2D eigenvalue weighted by Gasteiger charge is 2.04. The zero-order valence-corrected chi connectivity index (χ0v) is 13.2. The highest BCUT2D eigenvalue weighted by Crippen LogP contribution is 2.26. The number of aromatic carboxylic acids is 1. The van der Waals surface area contributed by atoms with E-state index in [1.807, 2.05) is 25.1 Å². The van der Waals surface area contributed by atoms with Gasteiger partial charge in [-0.1, -0.05) is 6.07 Å². The molecule has 2 N–H and O–H groups in total. The Morgan fingerprint density at radius 1 is 1.24 bits per heavy atom. The zero-order valence-electron chi connectivity index (χ0n) is 11.6. The van der Waals surface area contributed by atoms with Gasteiger partial charge in [0, 0.05) is 12.2 Å². The largest absolute Gasteiger partial charge is 0.493 e. The van der Waals surface area contributed by atoms with Gasteiger partial charge >= 0.3 is 5.97 Å². The predicted molar refractivity (Wildman–Crippen MR) is 86.0 cm³/mol. The van der Waals surface area contributed by atoms with Crippen molar-refractivity contribution in [2.24, 2.45) is 0 Å². The Labute approximate surface area is 131 Å². The van der Waals surface area contributed by atoms with Crippen molar-refractivity contribution in [2.75, 3.05) is 11.9 Å². The van der Waals surface area contributed by atoms with E-state index in [1.165, 1.54) is 0 Å². The SMILES string of the molecule is CCOc1ccc(CNc2ccc(C(=O)O)cc2)cc1Br. The van der Waals surface area contributed by atoms with Gasteiger partial charge in [0.15, 0.2) is 0 Å². The Hall–Kier alpha value is -2.01. The van der Waals surface area contributed by atoms with E-state index in [9.17, 15) is 4.79 Å². The van der Waals surface area contributed by atoms with Gasteiger partial charge in [-0.2, -0.15) is 0 Å². The molecule has 0 amide bonds. The average molecular weight is 350 g/mol. The summed E-state index contributed by atoms with van der Waals surface area (Å²) in [4.78, 5) is 10.8. The third-order valence-electron chi connectivity index (χ3n) is 2.92. The molecule has 0 saturated heterocycles. The molecule has 2 rings (SSSR count). The number of carboxylic acid groups (broad SMARTS) is 1. The predicted octanol–water partition coefficient (Wildman–Crippen LogP) is 4.16. The van der Waals surface area contributed by atoms with Crippen LogP contribution in [0.15, 0.2) is 46.9 Å². The molecule has 0 unspecified atom stereocenters. The molecule has 5 heteroatoms. The molecule has 0 heterocycles. The topological polar surface area (TPSA) is 58.6 Å². The molecule has 0 aliphatic carbocycles. The minimum atomic E-state index is -0.919. The van der Waals surface area contributed by atoms with Gasteiger partial charge in [0.2, 0.25) is 0 Å². The Balaban J connectivity index is 1.99. The summed E-state index contributed by atoms with van der Waals surface area (Å²) in [5, 5.41) is 12.1. The lowest BCUT2D eigenvalue weighted by atomic mass is 10.2. The number of hydrogen-bond donors (Lipinski definition) is 2.